The number of nitrogens with zero attached hydrogens (tertiary/aromatic N) is 4. The Labute approximate surface area is 195 Å². The van der Waals surface area contributed by atoms with Crippen LogP contribution in [0, 0.1) is 5.41 Å². The molecule has 1 fully saturated rings. The predicted molar refractivity (Wildman–Crippen MR) is 126 cm³/mol. The van der Waals surface area contributed by atoms with Crippen LogP contribution in [-0.2, 0) is 23.0 Å². The van der Waals surface area contributed by atoms with Crippen molar-refractivity contribution in [3.63, 3.8) is 0 Å². The van der Waals surface area contributed by atoms with Gasteiger partial charge in [-0.2, -0.15) is 4.31 Å². The first-order chi connectivity index (χ1) is 15.7. The fraction of sp³-hybridized carbons (Fsp3) is 0.381. The molecule has 1 amide bonds. The number of H-pyrrole nitrogens is 1. The Kier molecular flexibility index (Phi) is 5.47. The summed E-state index contributed by atoms with van der Waals surface area (Å²) in [6.45, 7) is 2.81. The quantitative estimate of drug-likeness (QED) is 0.371. The number of amides is 1. The van der Waals surface area contributed by atoms with Crippen molar-refractivity contribution < 1.29 is 13.2 Å². The Morgan fingerprint density at radius 1 is 1.18 bits per heavy atom. The molecule has 1 aromatic carbocycles. The molecule has 4 heterocycles. The smallest absolute Gasteiger partial charge is 0.282 e. The summed E-state index contributed by atoms with van der Waals surface area (Å²) in [7, 11) is -1.69. The van der Waals surface area contributed by atoms with Gasteiger partial charge in [-0.05, 0) is 19.2 Å². The maximum atomic E-state index is 13.2. The van der Waals surface area contributed by atoms with Crippen LogP contribution in [0.4, 0.5) is 0 Å². The average molecular weight is 488 g/mol. The van der Waals surface area contributed by atoms with E-state index in [1.54, 1.807) is 29.2 Å². The number of likely N-dealkylation sites (N-methyl/N-ethyl adjacent to an activating group) is 1. The number of hydrogen-bond acceptors (Lipinski definition) is 7. The predicted octanol–water partition coefficient (Wildman–Crippen LogP) is 1.04. The fourth-order valence-electron chi connectivity index (χ4n) is 4.23. The Hall–Kier alpha value is -2.80. The monoisotopic (exact) mass is 487 g/mol. The highest BCUT2D eigenvalue weighted by Gasteiger charge is 2.33. The van der Waals surface area contributed by atoms with Crippen molar-refractivity contribution in [3.8, 4) is 0 Å². The number of nitrogens with one attached hydrogen (secondary N) is 2. The molecular formula is C21H25N7O3S2. The van der Waals surface area contributed by atoms with Crippen LogP contribution in [0.1, 0.15) is 25.9 Å². The minimum Gasteiger partial charge on any atom is -0.384 e. The van der Waals surface area contributed by atoms with Crippen LogP contribution in [-0.4, -0.2) is 84.0 Å². The van der Waals surface area contributed by atoms with Crippen molar-refractivity contribution in [2.75, 3.05) is 39.8 Å². The Balaban J connectivity index is 1.29. The first kappa shape index (κ1) is 22.0. The molecule has 4 N–H and O–H groups in total. The number of fused-ring (bicyclic) bond motifs is 2. The van der Waals surface area contributed by atoms with Gasteiger partial charge in [-0.1, -0.05) is 12.1 Å². The van der Waals surface area contributed by atoms with E-state index in [0.717, 1.165) is 35.5 Å². The number of benzene rings is 1. The average Bonchev–Trinajstić information content (AvgIpc) is 3.42. The van der Waals surface area contributed by atoms with E-state index < -0.39 is 10.0 Å². The number of hydrogen-bond donors (Lipinski definition) is 3. The van der Waals surface area contributed by atoms with E-state index in [1.807, 2.05) is 0 Å². The molecular weight excluding hydrogens is 462 g/mol. The van der Waals surface area contributed by atoms with E-state index in [2.05, 4.69) is 21.9 Å². The van der Waals surface area contributed by atoms with Gasteiger partial charge >= 0.3 is 0 Å². The molecule has 10 nitrogen and oxygen atoms in total. The van der Waals surface area contributed by atoms with Crippen LogP contribution in [0.25, 0.3) is 10.9 Å². The lowest BCUT2D eigenvalue weighted by molar-refractivity contribution is 0.0697. The molecule has 12 heteroatoms. The summed E-state index contributed by atoms with van der Waals surface area (Å²) in [4.78, 5) is 25.5. The largest absolute Gasteiger partial charge is 0.384 e. The SMILES string of the molecule is CN1CCc2nc(C(=O)N3CCN(S(=O)(=O)c4cc5ccc(C(=N)N)cc5[nH]4)CC3)sc2C1. The molecule has 0 atom stereocenters. The number of thiazole rings is 1. The van der Waals surface area contributed by atoms with Crippen LogP contribution in [0.2, 0.25) is 0 Å². The number of aromatic nitrogens is 2. The van der Waals surface area contributed by atoms with Crippen molar-refractivity contribution >= 4 is 44.0 Å². The first-order valence-electron chi connectivity index (χ1n) is 10.7. The van der Waals surface area contributed by atoms with Gasteiger partial charge in [0.1, 0.15) is 10.9 Å². The van der Waals surface area contributed by atoms with Gasteiger partial charge in [-0.25, -0.2) is 13.4 Å². The molecule has 174 valence electrons. The molecule has 5 rings (SSSR count). The summed E-state index contributed by atoms with van der Waals surface area (Å²) in [5.41, 5.74) is 7.67. The van der Waals surface area contributed by atoms with Gasteiger partial charge < -0.3 is 20.5 Å². The maximum Gasteiger partial charge on any atom is 0.282 e. The molecule has 3 aromatic rings. The number of nitrogen functional groups attached to an aromatic ring is 1. The molecule has 2 aliphatic heterocycles. The summed E-state index contributed by atoms with van der Waals surface area (Å²) in [5, 5.41) is 8.87. The minimum absolute atomic E-state index is 0.0789. The molecule has 2 aromatic heterocycles. The van der Waals surface area contributed by atoms with E-state index in [9.17, 15) is 13.2 Å². The summed E-state index contributed by atoms with van der Waals surface area (Å²) < 4.78 is 27.8. The molecule has 0 saturated carbocycles. The van der Waals surface area contributed by atoms with Crippen molar-refractivity contribution in [3.05, 3.63) is 45.4 Å². The van der Waals surface area contributed by atoms with E-state index >= 15 is 0 Å². The summed E-state index contributed by atoms with van der Waals surface area (Å²) in [5.74, 6) is -0.207. The van der Waals surface area contributed by atoms with Crippen molar-refractivity contribution in [2.45, 2.75) is 18.0 Å². The van der Waals surface area contributed by atoms with E-state index in [4.69, 9.17) is 11.1 Å². The number of nitrogens with two attached hydrogens (primary N) is 1. The zero-order valence-corrected chi connectivity index (χ0v) is 19.8. The molecule has 0 unspecified atom stereocenters. The summed E-state index contributed by atoms with van der Waals surface area (Å²) in [6.07, 6.45) is 0.847. The van der Waals surface area contributed by atoms with E-state index in [1.165, 1.54) is 15.6 Å². The maximum absolute atomic E-state index is 13.2. The number of amidine groups is 1. The number of carbonyl (C=O) groups excluding carboxylic acids is 1. The highest BCUT2D eigenvalue weighted by Crippen LogP contribution is 2.27. The molecule has 0 radical (unpaired) electrons. The Morgan fingerprint density at radius 3 is 2.67 bits per heavy atom. The van der Waals surface area contributed by atoms with Gasteiger partial charge in [0.25, 0.3) is 15.9 Å². The van der Waals surface area contributed by atoms with Gasteiger partial charge in [0.05, 0.1) is 5.69 Å². The fourth-order valence-corrected chi connectivity index (χ4v) is 6.82. The van der Waals surface area contributed by atoms with Crippen molar-refractivity contribution in [2.24, 2.45) is 5.73 Å². The number of carbonyl (C=O) groups is 1. The number of aromatic amines is 1. The second-order valence-corrected chi connectivity index (χ2v) is 11.4. The zero-order valence-electron chi connectivity index (χ0n) is 18.2. The Morgan fingerprint density at radius 2 is 1.94 bits per heavy atom. The van der Waals surface area contributed by atoms with Gasteiger partial charge in [0, 0.05) is 67.0 Å². The highest BCUT2D eigenvalue weighted by molar-refractivity contribution is 7.89. The lowest BCUT2D eigenvalue weighted by Gasteiger charge is -2.33. The third-order valence-corrected chi connectivity index (χ3v) is 9.05. The van der Waals surface area contributed by atoms with Gasteiger partial charge in [-0.15, -0.1) is 11.3 Å². The van der Waals surface area contributed by atoms with Gasteiger partial charge in [0.15, 0.2) is 5.01 Å². The third-order valence-electron chi connectivity index (χ3n) is 6.16. The normalized spacial score (nSPS) is 17.9. The van der Waals surface area contributed by atoms with Gasteiger partial charge in [0.2, 0.25) is 0 Å². The highest BCUT2D eigenvalue weighted by atomic mass is 32.2. The topological polar surface area (TPSA) is 139 Å². The van der Waals surface area contributed by atoms with Crippen LogP contribution in [0.3, 0.4) is 0 Å². The van der Waals surface area contributed by atoms with Crippen LogP contribution >= 0.6 is 11.3 Å². The molecule has 0 spiro atoms. The second-order valence-electron chi connectivity index (χ2n) is 8.42. The lowest BCUT2D eigenvalue weighted by atomic mass is 10.1. The lowest BCUT2D eigenvalue weighted by Crippen LogP contribution is -2.50. The van der Waals surface area contributed by atoms with Crippen LogP contribution in [0.15, 0.2) is 29.3 Å². The van der Waals surface area contributed by atoms with E-state index in [-0.39, 0.29) is 29.9 Å². The van der Waals surface area contributed by atoms with Gasteiger partial charge in [-0.3, -0.25) is 10.2 Å². The minimum atomic E-state index is -3.74. The summed E-state index contributed by atoms with van der Waals surface area (Å²) >= 11 is 1.44. The van der Waals surface area contributed by atoms with Crippen LogP contribution < -0.4 is 5.73 Å². The molecule has 1 saturated heterocycles. The Bertz CT molecular complexity index is 1350. The number of sulfonamides is 1. The molecule has 33 heavy (non-hydrogen) atoms. The van der Waals surface area contributed by atoms with Crippen LogP contribution in [0.5, 0.6) is 0 Å². The van der Waals surface area contributed by atoms with Crippen molar-refractivity contribution in [1.29, 1.82) is 5.41 Å². The molecule has 0 bridgehead atoms. The number of rotatable bonds is 4. The number of piperazine rings is 1. The van der Waals surface area contributed by atoms with E-state index in [0.29, 0.717) is 29.2 Å². The first-order valence-corrected chi connectivity index (χ1v) is 12.9. The molecule has 0 aliphatic carbocycles. The van der Waals surface area contributed by atoms with Crippen molar-refractivity contribution in [1.82, 2.24) is 24.1 Å². The molecule has 2 aliphatic rings. The third kappa shape index (κ3) is 4.03. The standard InChI is InChI=1S/C21H25N7O3S2/c1-26-5-4-15-17(12-26)32-20(25-15)21(29)27-6-8-28(9-7-27)33(30,31)18-11-13-2-3-14(19(22)23)10-16(13)24-18/h2-3,10-11,24H,4-9,12H2,1H3,(H3,22,23). The second kappa shape index (κ2) is 8.20. The zero-order chi connectivity index (χ0) is 23.3. The summed E-state index contributed by atoms with van der Waals surface area (Å²) in [6, 6.07) is 6.68.